The molecule has 0 saturated heterocycles. The second kappa shape index (κ2) is 7.55. The Morgan fingerprint density at radius 2 is 2.00 bits per heavy atom. The fourth-order valence-corrected chi connectivity index (χ4v) is 2.44. The van der Waals surface area contributed by atoms with Crippen molar-refractivity contribution >= 4 is 15.9 Å². The van der Waals surface area contributed by atoms with Gasteiger partial charge in [0.25, 0.3) is 0 Å². The van der Waals surface area contributed by atoms with Crippen LogP contribution >= 0.6 is 15.9 Å². The van der Waals surface area contributed by atoms with Crippen molar-refractivity contribution in [2.24, 2.45) is 0 Å². The van der Waals surface area contributed by atoms with Crippen LogP contribution in [0.4, 0.5) is 0 Å². The summed E-state index contributed by atoms with van der Waals surface area (Å²) in [6.07, 6.45) is 2.39. The first kappa shape index (κ1) is 15.2. The maximum Gasteiger partial charge on any atom is 0.248 e. The van der Waals surface area contributed by atoms with Crippen molar-refractivity contribution in [1.29, 1.82) is 0 Å². The zero-order valence-electron chi connectivity index (χ0n) is 12.0. The van der Waals surface area contributed by atoms with Crippen LogP contribution < -0.4 is 0 Å². The summed E-state index contributed by atoms with van der Waals surface area (Å²) in [5.74, 6) is 1.24. The van der Waals surface area contributed by atoms with Crippen LogP contribution in [0.3, 0.4) is 0 Å². The average Bonchev–Trinajstić information content (AvgIpc) is 2.92. The highest BCUT2D eigenvalue weighted by atomic mass is 79.9. The molecule has 2 rings (SSSR count). The zero-order chi connectivity index (χ0) is 14.4. The lowest BCUT2D eigenvalue weighted by atomic mass is 10.2. The van der Waals surface area contributed by atoms with Gasteiger partial charge in [-0.05, 0) is 47.6 Å². The van der Waals surface area contributed by atoms with Crippen LogP contribution in [0.15, 0.2) is 33.2 Å². The lowest BCUT2D eigenvalue weighted by Gasteiger charge is -2.17. The molecular weight excluding hydrogens is 318 g/mol. The van der Waals surface area contributed by atoms with Gasteiger partial charge >= 0.3 is 0 Å². The van der Waals surface area contributed by atoms with Gasteiger partial charge in [0, 0.05) is 4.47 Å². The van der Waals surface area contributed by atoms with Crippen molar-refractivity contribution in [3.63, 3.8) is 0 Å². The van der Waals surface area contributed by atoms with Crippen molar-refractivity contribution in [1.82, 2.24) is 15.1 Å². The molecule has 0 atom stereocenters. The Kier molecular flexibility index (Phi) is 5.73. The lowest BCUT2D eigenvalue weighted by molar-refractivity contribution is 0.248. The third kappa shape index (κ3) is 3.90. The quantitative estimate of drug-likeness (QED) is 0.762. The van der Waals surface area contributed by atoms with Gasteiger partial charge in [-0.25, -0.2) is 0 Å². The minimum atomic E-state index is 0.569. The van der Waals surface area contributed by atoms with E-state index in [1.165, 1.54) is 12.8 Å². The third-order valence-corrected chi connectivity index (χ3v) is 3.90. The first-order valence-electron chi connectivity index (χ1n) is 7.04. The smallest absolute Gasteiger partial charge is 0.248 e. The first-order valence-corrected chi connectivity index (χ1v) is 7.83. The molecule has 0 bridgehead atoms. The number of nitrogens with zero attached hydrogens (tertiary/aromatic N) is 3. The second-order valence-corrected chi connectivity index (χ2v) is 5.56. The molecule has 0 amide bonds. The molecule has 20 heavy (non-hydrogen) atoms. The molecule has 1 heterocycles. The van der Waals surface area contributed by atoms with Crippen LogP contribution in [-0.4, -0.2) is 28.2 Å². The van der Waals surface area contributed by atoms with Crippen molar-refractivity contribution in [2.75, 3.05) is 13.1 Å². The van der Waals surface area contributed by atoms with E-state index in [9.17, 15) is 0 Å². The Hall–Kier alpha value is -1.20. The van der Waals surface area contributed by atoms with E-state index in [-0.39, 0.29) is 0 Å². The fraction of sp³-hybridized carbons (Fsp3) is 0.467. The van der Waals surface area contributed by atoms with Crippen LogP contribution in [0.2, 0.25) is 0 Å². The monoisotopic (exact) mass is 337 g/mol. The van der Waals surface area contributed by atoms with Gasteiger partial charge < -0.3 is 4.42 Å². The first-order chi connectivity index (χ1) is 9.74. The third-order valence-electron chi connectivity index (χ3n) is 3.21. The summed E-state index contributed by atoms with van der Waals surface area (Å²) < 4.78 is 6.74. The van der Waals surface area contributed by atoms with Crippen molar-refractivity contribution in [3.8, 4) is 11.5 Å². The molecular formula is C15H20BrN3O. The molecule has 4 nitrogen and oxygen atoms in total. The molecule has 0 N–H and O–H groups in total. The number of halogens is 1. The Morgan fingerprint density at radius 1 is 1.20 bits per heavy atom. The van der Waals surface area contributed by atoms with E-state index in [0.717, 1.165) is 23.1 Å². The number of hydrogen-bond acceptors (Lipinski definition) is 4. The highest BCUT2D eigenvalue weighted by molar-refractivity contribution is 9.10. The highest BCUT2D eigenvalue weighted by Gasteiger charge is 2.13. The summed E-state index contributed by atoms with van der Waals surface area (Å²) >= 11 is 3.50. The SMILES string of the molecule is CCCCN(CC)Cc1nnc(-c2ccccc2Br)o1. The predicted molar refractivity (Wildman–Crippen MR) is 83.3 cm³/mol. The minimum absolute atomic E-state index is 0.569. The number of benzene rings is 1. The molecule has 1 aromatic heterocycles. The molecule has 0 aliphatic carbocycles. The summed E-state index contributed by atoms with van der Waals surface area (Å²) in [5, 5.41) is 8.29. The molecule has 5 heteroatoms. The largest absolute Gasteiger partial charge is 0.419 e. The van der Waals surface area contributed by atoms with Crippen LogP contribution in [0.1, 0.15) is 32.6 Å². The maximum absolute atomic E-state index is 5.77. The Labute approximate surface area is 128 Å². The van der Waals surface area contributed by atoms with Gasteiger partial charge in [0.2, 0.25) is 11.8 Å². The zero-order valence-corrected chi connectivity index (χ0v) is 13.6. The molecule has 0 saturated carbocycles. The number of rotatable bonds is 7. The molecule has 1 aromatic carbocycles. The minimum Gasteiger partial charge on any atom is -0.419 e. The average molecular weight is 338 g/mol. The summed E-state index contributed by atoms with van der Waals surface area (Å²) in [6.45, 7) is 7.13. The van der Waals surface area contributed by atoms with Gasteiger partial charge in [-0.15, -0.1) is 10.2 Å². The van der Waals surface area contributed by atoms with Crippen LogP contribution in [0.25, 0.3) is 11.5 Å². The molecule has 0 unspecified atom stereocenters. The van der Waals surface area contributed by atoms with Crippen molar-refractivity contribution in [2.45, 2.75) is 33.2 Å². The summed E-state index contributed by atoms with van der Waals surface area (Å²) in [7, 11) is 0. The van der Waals surface area contributed by atoms with Crippen LogP contribution in [0, 0.1) is 0 Å². The standard InChI is InChI=1S/C15H20BrN3O/c1-3-5-10-19(4-2)11-14-17-18-15(20-14)12-8-6-7-9-13(12)16/h6-9H,3-5,10-11H2,1-2H3. The van der Waals surface area contributed by atoms with Crippen LogP contribution in [0.5, 0.6) is 0 Å². The predicted octanol–water partition coefficient (Wildman–Crippen LogP) is 4.12. The van der Waals surface area contributed by atoms with Gasteiger partial charge in [0.05, 0.1) is 12.1 Å². The second-order valence-electron chi connectivity index (χ2n) is 4.70. The molecule has 0 aliphatic heterocycles. The van der Waals surface area contributed by atoms with E-state index < -0.39 is 0 Å². The number of unbranched alkanes of at least 4 members (excludes halogenated alkanes) is 1. The van der Waals surface area contributed by atoms with Crippen LogP contribution in [-0.2, 0) is 6.54 Å². The van der Waals surface area contributed by atoms with E-state index >= 15 is 0 Å². The Bertz CT molecular complexity index is 541. The van der Waals surface area contributed by atoms with Gasteiger partial charge in [-0.1, -0.05) is 32.4 Å². The molecule has 0 aliphatic rings. The molecule has 108 valence electrons. The van der Waals surface area contributed by atoms with E-state index in [4.69, 9.17) is 4.42 Å². The molecule has 0 spiro atoms. The summed E-state index contributed by atoms with van der Waals surface area (Å²) in [4.78, 5) is 2.32. The summed E-state index contributed by atoms with van der Waals surface area (Å²) in [5.41, 5.74) is 0.933. The normalized spacial score (nSPS) is 11.2. The van der Waals surface area contributed by atoms with Gasteiger partial charge in [0.1, 0.15) is 0 Å². The topological polar surface area (TPSA) is 42.2 Å². The molecule has 0 radical (unpaired) electrons. The van der Waals surface area contributed by atoms with E-state index in [1.54, 1.807) is 0 Å². The maximum atomic E-state index is 5.77. The van der Waals surface area contributed by atoms with Crippen molar-refractivity contribution < 1.29 is 4.42 Å². The van der Waals surface area contributed by atoms with Gasteiger partial charge in [0.15, 0.2) is 0 Å². The van der Waals surface area contributed by atoms with E-state index in [2.05, 4.69) is 44.9 Å². The van der Waals surface area contributed by atoms with Gasteiger partial charge in [-0.3, -0.25) is 4.90 Å². The Morgan fingerprint density at radius 3 is 2.70 bits per heavy atom. The Balaban J connectivity index is 2.07. The molecule has 0 fully saturated rings. The lowest BCUT2D eigenvalue weighted by Crippen LogP contribution is -2.24. The summed E-state index contributed by atoms with van der Waals surface area (Å²) in [6, 6.07) is 7.87. The number of aromatic nitrogens is 2. The highest BCUT2D eigenvalue weighted by Crippen LogP contribution is 2.26. The molecule has 2 aromatic rings. The van der Waals surface area contributed by atoms with E-state index in [1.807, 2.05) is 24.3 Å². The van der Waals surface area contributed by atoms with E-state index in [0.29, 0.717) is 18.3 Å². The fourth-order valence-electron chi connectivity index (χ4n) is 1.98. The number of hydrogen-bond donors (Lipinski definition) is 0. The van der Waals surface area contributed by atoms with Gasteiger partial charge in [-0.2, -0.15) is 0 Å². The van der Waals surface area contributed by atoms with Crippen molar-refractivity contribution in [3.05, 3.63) is 34.6 Å².